The average molecular weight is 451 g/mol. The second-order valence-corrected chi connectivity index (χ2v) is 9.22. The Balaban J connectivity index is 1.39. The van der Waals surface area contributed by atoms with E-state index in [1.165, 1.54) is 0 Å². The molecule has 1 saturated carbocycles. The van der Waals surface area contributed by atoms with Crippen LogP contribution < -0.4 is 21.3 Å². The predicted octanol–water partition coefficient (Wildman–Crippen LogP) is 3.67. The van der Waals surface area contributed by atoms with Crippen LogP contribution in [0.25, 0.3) is 11.3 Å². The van der Waals surface area contributed by atoms with Gasteiger partial charge in [0.05, 0.1) is 18.2 Å². The summed E-state index contributed by atoms with van der Waals surface area (Å²) in [5.41, 5.74) is 1.66. The van der Waals surface area contributed by atoms with Gasteiger partial charge in [0.15, 0.2) is 6.29 Å². The van der Waals surface area contributed by atoms with Gasteiger partial charge in [-0.1, -0.05) is 49.2 Å². The molecule has 1 aromatic carbocycles. The molecule has 1 saturated heterocycles. The Morgan fingerprint density at radius 2 is 2.00 bits per heavy atom. The molecule has 0 spiro atoms. The topological polar surface area (TPSA) is 100 Å². The summed E-state index contributed by atoms with van der Waals surface area (Å²) in [6, 6.07) is 15.3. The van der Waals surface area contributed by atoms with Gasteiger partial charge in [-0.05, 0) is 24.3 Å². The second-order valence-electron chi connectivity index (χ2n) is 8.19. The van der Waals surface area contributed by atoms with Crippen molar-refractivity contribution in [1.29, 1.82) is 0 Å². The van der Waals surface area contributed by atoms with Crippen molar-refractivity contribution in [3.63, 3.8) is 0 Å². The van der Waals surface area contributed by atoms with Crippen LogP contribution in [0.2, 0.25) is 0 Å². The summed E-state index contributed by atoms with van der Waals surface area (Å²) in [7, 11) is 0. The molecular formula is C23H26N6O2S. The fourth-order valence-corrected chi connectivity index (χ4v) is 5.08. The zero-order valence-corrected chi connectivity index (χ0v) is 18.4. The number of fused-ring (bicyclic) bond motifs is 1. The Hall–Kier alpha value is -3.17. The molecule has 2 aromatic heterocycles. The van der Waals surface area contributed by atoms with Crippen LogP contribution in [-0.4, -0.2) is 27.8 Å². The van der Waals surface area contributed by atoms with Gasteiger partial charge in [-0.2, -0.15) is 5.10 Å². The Morgan fingerprint density at radius 3 is 2.81 bits per heavy atom. The van der Waals surface area contributed by atoms with Crippen molar-refractivity contribution < 1.29 is 9.59 Å². The average Bonchev–Trinajstić information content (AvgIpc) is 3.48. The lowest BCUT2D eigenvalue weighted by Crippen LogP contribution is -2.59. The van der Waals surface area contributed by atoms with E-state index in [4.69, 9.17) is 5.10 Å². The molecule has 166 valence electrons. The number of hydrogen-bond donors (Lipinski definition) is 4. The molecule has 1 aliphatic carbocycles. The van der Waals surface area contributed by atoms with Crippen molar-refractivity contribution in [2.75, 3.05) is 5.32 Å². The minimum atomic E-state index is -0.521. The van der Waals surface area contributed by atoms with Crippen LogP contribution in [0.3, 0.4) is 0 Å². The van der Waals surface area contributed by atoms with Crippen LogP contribution in [0.4, 0.5) is 10.6 Å². The molecule has 4 N–H and O–H groups in total. The van der Waals surface area contributed by atoms with Crippen molar-refractivity contribution in [2.45, 2.75) is 44.6 Å². The van der Waals surface area contributed by atoms with Gasteiger partial charge in [0, 0.05) is 22.5 Å². The number of anilines is 1. The fraction of sp³-hybridized carbons (Fsp3) is 0.348. The second kappa shape index (κ2) is 9.13. The number of rotatable bonds is 5. The lowest BCUT2D eigenvalue weighted by atomic mass is 9.83. The molecule has 3 amide bonds. The van der Waals surface area contributed by atoms with Crippen molar-refractivity contribution in [2.24, 2.45) is 5.92 Å². The van der Waals surface area contributed by atoms with Gasteiger partial charge in [0.25, 0.3) is 0 Å². The summed E-state index contributed by atoms with van der Waals surface area (Å²) in [6.07, 6.45) is 3.54. The summed E-state index contributed by atoms with van der Waals surface area (Å²) in [5, 5.41) is 19.1. The number of urea groups is 1. The smallest absolute Gasteiger partial charge is 0.320 e. The number of hydrogen-bond acceptors (Lipinski definition) is 5. The van der Waals surface area contributed by atoms with Gasteiger partial charge in [0.2, 0.25) is 5.91 Å². The van der Waals surface area contributed by atoms with Gasteiger partial charge in [-0.15, -0.1) is 11.3 Å². The van der Waals surface area contributed by atoms with E-state index in [-0.39, 0.29) is 23.9 Å². The number of thiophene rings is 1. The zero-order chi connectivity index (χ0) is 21.9. The molecule has 3 aromatic rings. The first-order chi connectivity index (χ1) is 15.7. The highest BCUT2D eigenvalue weighted by Crippen LogP contribution is 2.30. The zero-order valence-electron chi connectivity index (χ0n) is 17.6. The summed E-state index contributed by atoms with van der Waals surface area (Å²) in [4.78, 5) is 26.5. The van der Waals surface area contributed by atoms with Crippen LogP contribution in [0.1, 0.15) is 36.9 Å². The third-order valence-electron chi connectivity index (χ3n) is 6.05. The lowest BCUT2D eigenvalue weighted by molar-refractivity contribution is -0.132. The molecule has 0 bridgehead atoms. The van der Waals surface area contributed by atoms with Gasteiger partial charge in [-0.3, -0.25) is 15.4 Å². The molecule has 5 rings (SSSR count). The summed E-state index contributed by atoms with van der Waals surface area (Å²) in [5.74, 6) is 0.553. The minimum Gasteiger partial charge on any atom is -0.333 e. The monoisotopic (exact) mass is 450 g/mol. The number of benzene rings is 1. The SMILES string of the molecule is O=C(NCc1cccs1)Nc1cc(-c2ccccc2)nn1C1NC(=O)C2CCCCC2N1. The van der Waals surface area contributed by atoms with E-state index in [9.17, 15) is 9.59 Å². The number of aromatic nitrogens is 2. The van der Waals surface area contributed by atoms with Gasteiger partial charge < -0.3 is 10.6 Å². The van der Waals surface area contributed by atoms with E-state index < -0.39 is 6.29 Å². The molecule has 2 fully saturated rings. The maximum absolute atomic E-state index is 12.8. The quantitative estimate of drug-likeness (QED) is 0.477. The largest absolute Gasteiger partial charge is 0.333 e. The summed E-state index contributed by atoms with van der Waals surface area (Å²) < 4.78 is 1.66. The fourth-order valence-electron chi connectivity index (χ4n) is 4.44. The van der Waals surface area contributed by atoms with E-state index in [0.717, 1.165) is 41.8 Å². The number of nitrogens with one attached hydrogen (secondary N) is 4. The van der Waals surface area contributed by atoms with Crippen LogP contribution in [0.15, 0.2) is 53.9 Å². The third-order valence-corrected chi connectivity index (χ3v) is 6.92. The molecular weight excluding hydrogens is 424 g/mol. The van der Waals surface area contributed by atoms with E-state index in [0.29, 0.717) is 12.4 Å². The Labute approximate surface area is 190 Å². The maximum atomic E-state index is 12.8. The molecule has 3 unspecified atom stereocenters. The van der Waals surface area contributed by atoms with Crippen molar-refractivity contribution >= 4 is 29.1 Å². The van der Waals surface area contributed by atoms with E-state index in [2.05, 4.69) is 21.3 Å². The van der Waals surface area contributed by atoms with Crippen LogP contribution in [-0.2, 0) is 11.3 Å². The number of carbonyl (C=O) groups is 2. The number of carbonyl (C=O) groups excluding carboxylic acids is 2. The Morgan fingerprint density at radius 1 is 1.16 bits per heavy atom. The predicted molar refractivity (Wildman–Crippen MR) is 124 cm³/mol. The Kier molecular flexibility index (Phi) is 5.91. The minimum absolute atomic E-state index is 0.00494. The molecule has 9 heteroatoms. The van der Waals surface area contributed by atoms with Gasteiger partial charge in [0.1, 0.15) is 5.82 Å². The molecule has 2 aliphatic rings. The van der Waals surface area contributed by atoms with E-state index in [1.807, 2.05) is 53.9 Å². The standard InChI is InChI=1S/C23H26N6O2S/c30-21-17-10-4-5-11-18(17)25-22(27-21)29-20(13-19(28-29)15-7-2-1-3-8-15)26-23(31)24-14-16-9-6-12-32-16/h1-3,6-9,12-13,17-18,22,25H,4-5,10-11,14H2,(H,27,30)(H2,24,26,31). The highest BCUT2D eigenvalue weighted by molar-refractivity contribution is 7.09. The molecule has 0 radical (unpaired) electrons. The van der Waals surface area contributed by atoms with E-state index in [1.54, 1.807) is 16.0 Å². The van der Waals surface area contributed by atoms with Crippen molar-refractivity contribution in [1.82, 2.24) is 25.7 Å². The van der Waals surface area contributed by atoms with Crippen LogP contribution >= 0.6 is 11.3 Å². The Bertz CT molecular complexity index is 1080. The molecule has 8 nitrogen and oxygen atoms in total. The van der Waals surface area contributed by atoms with Gasteiger partial charge >= 0.3 is 6.03 Å². The first-order valence-electron chi connectivity index (χ1n) is 11.0. The molecule has 3 heterocycles. The first kappa shape index (κ1) is 20.7. The highest BCUT2D eigenvalue weighted by atomic mass is 32.1. The molecule has 3 atom stereocenters. The van der Waals surface area contributed by atoms with Crippen LogP contribution in [0.5, 0.6) is 0 Å². The van der Waals surface area contributed by atoms with Crippen molar-refractivity contribution in [3.05, 3.63) is 58.8 Å². The highest BCUT2D eigenvalue weighted by Gasteiger charge is 2.38. The normalized spacial score (nSPS) is 22.6. The van der Waals surface area contributed by atoms with Crippen LogP contribution in [0, 0.1) is 5.92 Å². The first-order valence-corrected chi connectivity index (χ1v) is 11.8. The maximum Gasteiger partial charge on any atom is 0.320 e. The third kappa shape index (κ3) is 4.39. The summed E-state index contributed by atoms with van der Waals surface area (Å²) in [6.45, 7) is 0.450. The van der Waals surface area contributed by atoms with Crippen molar-refractivity contribution in [3.8, 4) is 11.3 Å². The summed E-state index contributed by atoms with van der Waals surface area (Å²) >= 11 is 1.59. The number of nitrogens with zero attached hydrogens (tertiary/aromatic N) is 2. The van der Waals surface area contributed by atoms with E-state index >= 15 is 0 Å². The molecule has 1 aliphatic heterocycles. The van der Waals surface area contributed by atoms with Gasteiger partial charge in [-0.25, -0.2) is 9.48 Å². The number of amides is 3. The molecule has 32 heavy (non-hydrogen) atoms. The lowest BCUT2D eigenvalue weighted by Gasteiger charge is -2.40.